The molecule has 1 aromatic rings. The van der Waals surface area contributed by atoms with Gasteiger partial charge in [-0.25, -0.2) is 0 Å². The van der Waals surface area contributed by atoms with E-state index in [2.05, 4.69) is 6.58 Å². The molecule has 0 amide bonds. The molecule has 0 bridgehead atoms. The molecule has 1 N–H and O–H groups in total. The normalized spacial score (nSPS) is 11.4. The van der Waals surface area contributed by atoms with Gasteiger partial charge in [0.2, 0.25) is 0 Å². The van der Waals surface area contributed by atoms with Crippen molar-refractivity contribution in [3.05, 3.63) is 42.0 Å². The van der Waals surface area contributed by atoms with E-state index in [9.17, 15) is 18.3 Å². The molecule has 0 spiro atoms. The Hall–Kier alpha value is -1.45. The molecule has 0 saturated carbocycles. The Morgan fingerprint density at radius 3 is 2.43 bits per heavy atom. The van der Waals surface area contributed by atoms with Crippen molar-refractivity contribution in [2.45, 2.75) is 12.6 Å². The molecule has 1 nitrogen and oxygen atoms in total. The van der Waals surface area contributed by atoms with Crippen LogP contribution in [-0.2, 0) is 12.6 Å². The fourth-order valence-corrected chi connectivity index (χ4v) is 1.07. The van der Waals surface area contributed by atoms with Crippen LogP contribution in [0.15, 0.2) is 30.9 Å². The second kappa shape index (κ2) is 3.74. The van der Waals surface area contributed by atoms with E-state index in [0.717, 1.165) is 12.1 Å². The zero-order valence-corrected chi connectivity index (χ0v) is 7.30. The molecule has 0 atom stereocenters. The van der Waals surface area contributed by atoms with Crippen molar-refractivity contribution in [3.8, 4) is 5.75 Å². The van der Waals surface area contributed by atoms with E-state index in [1.165, 1.54) is 12.1 Å². The zero-order valence-electron chi connectivity index (χ0n) is 7.30. The Morgan fingerprint density at radius 2 is 2.00 bits per heavy atom. The van der Waals surface area contributed by atoms with Gasteiger partial charge < -0.3 is 5.11 Å². The van der Waals surface area contributed by atoms with Crippen molar-refractivity contribution in [2.24, 2.45) is 0 Å². The largest absolute Gasteiger partial charge is 0.508 e. The summed E-state index contributed by atoms with van der Waals surface area (Å²) >= 11 is 0. The predicted molar refractivity (Wildman–Crippen MR) is 47.0 cm³/mol. The molecule has 0 aliphatic carbocycles. The molecular weight excluding hydrogens is 193 g/mol. The minimum atomic E-state index is -4.41. The average molecular weight is 202 g/mol. The van der Waals surface area contributed by atoms with Crippen molar-refractivity contribution in [2.75, 3.05) is 0 Å². The Kier molecular flexibility index (Phi) is 2.84. The lowest BCUT2D eigenvalue weighted by Gasteiger charge is -2.08. The number of hydrogen-bond acceptors (Lipinski definition) is 1. The molecule has 14 heavy (non-hydrogen) atoms. The van der Waals surface area contributed by atoms with Crippen molar-refractivity contribution in [1.82, 2.24) is 0 Å². The summed E-state index contributed by atoms with van der Waals surface area (Å²) in [5.74, 6) is -0.347. The van der Waals surface area contributed by atoms with Gasteiger partial charge in [0.1, 0.15) is 5.75 Å². The molecule has 0 aromatic heterocycles. The van der Waals surface area contributed by atoms with Gasteiger partial charge in [0, 0.05) is 0 Å². The molecule has 0 radical (unpaired) electrons. The van der Waals surface area contributed by atoms with Crippen LogP contribution in [0.5, 0.6) is 5.75 Å². The quantitative estimate of drug-likeness (QED) is 0.730. The Balaban J connectivity index is 3.06. The van der Waals surface area contributed by atoms with E-state index >= 15 is 0 Å². The molecule has 0 saturated heterocycles. The van der Waals surface area contributed by atoms with Crippen LogP contribution in [0.2, 0.25) is 0 Å². The highest BCUT2D eigenvalue weighted by Crippen LogP contribution is 2.32. The van der Waals surface area contributed by atoms with Gasteiger partial charge in [0.15, 0.2) is 0 Å². The maximum atomic E-state index is 12.2. The van der Waals surface area contributed by atoms with Crippen LogP contribution in [0.3, 0.4) is 0 Å². The van der Waals surface area contributed by atoms with Crippen LogP contribution in [0.25, 0.3) is 0 Å². The number of aromatic hydroxyl groups is 1. The van der Waals surface area contributed by atoms with E-state index in [0.29, 0.717) is 12.0 Å². The van der Waals surface area contributed by atoms with Crippen LogP contribution in [-0.4, -0.2) is 5.11 Å². The third kappa shape index (κ3) is 2.28. The predicted octanol–water partition coefficient (Wildman–Crippen LogP) is 3.14. The number of halogens is 3. The van der Waals surface area contributed by atoms with E-state index in [-0.39, 0.29) is 5.75 Å². The SMILES string of the molecule is C=CCc1ccc(C(F)(F)F)cc1O. The highest BCUT2D eigenvalue weighted by molar-refractivity contribution is 5.38. The summed E-state index contributed by atoms with van der Waals surface area (Å²) in [6, 6.07) is 2.91. The van der Waals surface area contributed by atoms with Crippen molar-refractivity contribution in [1.29, 1.82) is 0 Å². The molecular formula is C10H9F3O. The van der Waals surface area contributed by atoms with Crippen LogP contribution >= 0.6 is 0 Å². The second-order valence-electron chi connectivity index (χ2n) is 2.83. The third-order valence-corrected chi connectivity index (χ3v) is 1.78. The first-order chi connectivity index (χ1) is 6.45. The van der Waals surface area contributed by atoms with Crippen LogP contribution in [0, 0.1) is 0 Å². The number of hydrogen-bond donors (Lipinski definition) is 1. The molecule has 4 heteroatoms. The summed E-state index contributed by atoms with van der Waals surface area (Å²) in [5.41, 5.74) is -0.407. The fraction of sp³-hybridized carbons (Fsp3) is 0.200. The van der Waals surface area contributed by atoms with Crippen molar-refractivity contribution >= 4 is 0 Å². The minimum Gasteiger partial charge on any atom is -0.508 e. The molecule has 0 unspecified atom stereocenters. The molecule has 0 heterocycles. The zero-order chi connectivity index (χ0) is 10.8. The summed E-state index contributed by atoms with van der Waals surface area (Å²) in [5, 5.41) is 9.24. The van der Waals surface area contributed by atoms with E-state index in [1.807, 2.05) is 0 Å². The Morgan fingerprint density at radius 1 is 1.36 bits per heavy atom. The molecule has 1 aromatic carbocycles. The van der Waals surface area contributed by atoms with Gasteiger partial charge in [-0.15, -0.1) is 6.58 Å². The Bertz CT molecular complexity index is 342. The fourth-order valence-electron chi connectivity index (χ4n) is 1.07. The average Bonchev–Trinajstić information content (AvgIpc) is 2.07. The van der Waals surface area contributed by atoms with E-state index in [1.54, 1.807) is 0 Å². The summed E-state index contributed by atoms with van der Waals surface area (Å²) in [6.07, 6.45) is -2.55. The van der Waals surface area contributed by atoms with Crippen molar-refractivity contribution < 1.29 is 18.3 Å². The first-order valence-corrected chi connectivity index (χ1v) is 3.95. The first-order valence-electron chi connectivity index (χ1n) is 3.95. The third-order valence-electron chi connectivity index (χ3n) is 1.78. The summed E-state index contributed by atoms with van der Waals surface area (Å²) in [6.45, 7) is 3.43. The lowest BCUT2D eigenvalue weighted by molar-refractivity contribution is -0.137. The van der Waals surface area contributed by atoms with Crippen LogP contribution in [0.4, 0.5) is 13.2 Å². The molecule has 0 aliphatic heterocycles. The maximum Gasteiger partial charge on any atom is 0.416 e. The van der Waals surface area contributed by atoms with Crippen molar-refractivity contribution in [3.63, 3.8) is 0 Å². The van der Waals surface area contributed by atoms with E-state index < -0.39 is 11.7 Å². The van der Waals surface area contributed by atoms with Gasteiger partial charge in [-0.2, -0.15) is 13.2 Å². The smallest absolute Gasteiger partial charge is 0.416 e. The minimum absolute atomic E-state index is 0.347. The standard InChI is InChI=1S/C10H9F3O/c1-2-3-7-4-5-8(6-9(7)14)10(11,12)13/h2,4-6,14H,1,3H2. The van der Waals surface area contributed by atoms with Gasteiger partial charge in [-0.1, -0.05) is 12.1 Å². The van der Waals surface area contributed by atoms with Gasteiger partial charge in [0.25, 0.3) is 0 Å². The molecule has 0 aliphatic rings. The second-order valence-corrected chi connectivity index (χ2v) is 2.83. The summed E-state index contributed by atoms with van der Waals surface area (Å²) < 4.78 is 36.5. The van der Waals surface area contributed by atoms with Gasteiger partial charge in [0.05, 0.1) is 5.56 Å². The topological polar surface area (TPSA) is 20.2 Å². The Labute approximate surface area is 79.5 Å². The van der Waals surface area contributed by atoms with Gasteiger partial charge in [-0.05, 0) is 24.1 Å². The lowest BCUT2D eigenvalue weighted by atomic mass is 10.1. The first kappa shape index (κ1) is 10.6. The monoisotopic (exact) mass is 202 g/mol. The van der Waals surface area contributed by atoms with Gasteiger partial charge >= 0.3 is 6.18 Å². The lowest BCUT2D eigenvalue weighted by Crippen LogP contribution is -2.04. The molecule has 76 valence electrons. The van der Waals surface area contributed by atoms with Crippen LogP contribution < -0.4 is 0 Å². The summed E-state index contributed by atoms with van der Waals surface area (Å²) in [4.78, 5) is 0. The molecule has 1 rings (SSSR count). The highest BCUT2D eigenvalue weighted by Gasteiger charge is 2.30. The van der Waals surface area contributed by atoms with E-state index in [4.69, 9.17) is 0 Å². The number of rotatable bonds is 2. The summed E-state index contributed by atoms with van der Waals surface area (Å²) in [7, 11) is 0. The van der Waals surface area contributed by atoms with Crippen LogP contribution in [0.1, 0.15) is 11.1 Å². The molecule has 0 fully saturated rings. The number of benzene rings is 1. The maximum absolute atomic E-state index is 12.2. The van der Waals surface area contributed by atoms with Gasteiger partial charge in [-0.3, -0.25) is 0 Å². The number of phenols is 1. The highest BCUT2D eigenvalue weighted by atomic mass is 19.4. The number of phenolic OH excluding ortho intramolecular Hbond substituents is 1. The number of alkyl halides is 3. The number of allylic oxidation sites excluding steroid dienone is 1.